The number of nitrogens with zero attached hydrogens (tertiary/aromatic N) is 1. The molecule has 1 N–H and O–H groups in total. The lowest BCUT2D eigenvalue weighted by Gasteiger charge is -2.32. The summed E-state index contributed by atoms with van der Waals surface area (Å²) in [6.07, 6.45) is 3.92. The van der Waals surface area contributed by atoms with Crippen LogP contribution in [0.1, 0.15) is 18.1 Å². The van der Waals surface area contributed by atoms with Crippen LogP contribution in [0.25, 0.3) is 6.08 Å². The minimum Gasteiger partial charge on any atom is -0.496 e. The standard InChI is InChI=1S/C24H29FN2O4/c1-4-5-18-6-8-22(23(14-18)30-3)31-17-24(28)27-12-10-26(11-13-27)16-19-15-20(25)7-9-21(19)29-2/h4-9,14-15H,10-13,16-17H2,1-3H3/p+1/b5-4+. The lowest BCUT2D eigenvalue weighted by molar-refractivity contribution is -0.917. The van der Waals surface area contributed by atoms with Gasteiger partial charge in [0.25, 0.3) is 5.91 Å². The first-order valence-corrected chi connectivity index (χ1v) is 10.4. The predicted octanol–water partition coefficient (Wildman–Crippen LogP) is 2.18. The van der Waals surface area contributed by atoms with Crippen molar-refractivity contribution >= 4 is 12.0 Å². The number of quaternary nitrogens is 1. The molecule has 0 atom stereocenters. The van der Waals surface area contributed by atoms with Crippen molar-refractivity contribution in [1.82, 2.24) is 4.90 Å². The van der Waals surface area contributed by atoms with Crippen LogP contribution in [0.3, 0.4) is 0 Å². The number of halogens is 1. The van der Waals surface area contributed by atoms with Crippen molar-refractivity contribution in [1.29, 1.82) is 0 Å². The van der Waals surface area contributed by atoms with E-state index in [2.05, 4.69) is 0 Å². The monoisotopic (exact) mass is 429 g/mol. The molecule has 0 aliphatic carbocycles. The molecule has 1 amide bonds. The van der Waals surface area contributed by atoms with Crippen LogP contribution in [0, 0.1) is 5.82 Å². The first kappa shape index (κ1) is 22.6. The molecule has 0 radical (unpaired) electrons. The normalized spacial score (nSPS) is 14.6. The van der Waals surface area contributed by atoms with E-state index in [9.17, 15) is 9.18 Å². The van der Waals surface area contributed by atoms with E-state index in [1.54, 1.807) is 20.3 Å². The molecule has 31 heavy (non-hydrogen) atoms. The fourth-order valence-electron chi connectivity index (χ4n) is 3.73. The zero-order valence-electron chi connectivity index (χ0n) is 18.3. The lowest BCUT2D eigenvalue weighted by atomic mass is 10.1. The van der Waals surface area contributed by atoms with Gasteiger partial charge in [-0.25, -0.2) is 4.39 Å². The Kier molecular flexibility index (Phi) is 7.89. The minimum absolute atomic E-state index is 0.0353. The predicted molar refractivity (Wildman–Crippen MR) is 117 cm³/mol. The highest BCUT2D eigenvalue weighted by molar-refractivity contribution is 5.78. The molecule has 0 unspecified atom stereocenters. The second kappa shape index (κ2) is 10.8. The smallest absolute Gasteiger partial charge is 0.260 e. The Hall–Kier alpha value is -3.06. The van der Waals surface area contributed by atoms with E-state index in [4.69, 9.17) is 14.2 Å². The molecule has 1 fully saturated rings. The number of hydrogen-bond acceptors (Lipinski definition) is 4. The molecule has 6 nitrogen and oxygen atoms in total. The molecular formula is C24H30FN2O4+. The average molecular weight is 430 g/mol. The van der Waals surface area contributed by atoms with Crippen LogP contribution >= 0.6 is 0 Å². The van der Waals surface area contributed by atoms with Gasteiger partial charge in [0.1, 0.15) is 18.1 Å². The maximum Gasteiger partial charge on any atom is 0.260 e. The molecule has 1 heterocycles. The number of carbonyl (C=O) groups excluding carboxylic acids is 1. The van der Waals surface area contributed by atoms with Crippen LogP contribution in [-0.4, -0.2) is 57.8 Å². The topological polar surface area (TPSA) is 52.4 Å². The van der Waals surface area contributed by atoms with Crippen molar-refractivity contribution in [2.75, 3.05) is 47.0 Å². The minimum atomic E-state index is -0.268. The molecule has 2 aromatic rings. The zero-order valence-corrected chi connectivity index (χ0v) is 18.3. The van der Waals surface area contributed by atoms with Crippen LogP contribution < -0.4 is 19.1 Å². The van der Waals surface area contributed by atoms with Gasteiger partial charge in [-0.15, -0.1) is 0 Å². The largest absolute Gasteiger partial charge is 0.496 e. The number of nitrogens with one attached hydrogen (secondary N) is 1. The number of piperazine rings is 1. The second-order valence-corrected chi connectivity index (χ2v) is 7.46. The van der Waals surface area contributed by atoms with Crippen molar-refractivity contribution in [3.8, 4) is 17.2 Å². The summed E-state index contributed by atoms with van der Waals surface area (Å²) in [5.74, 6) is 1.51. The maximum absolute atomic E-state index is 13.6. The molecule has 1 aliphatic rings. The summed E-state index contributed by atoms with van der Waals surface area (Å²) in [6, 6.07) is 10.2. The first-order valence-electron chi connectivity index (χ1n) is 10.4. The van der Waals surface area contributed by atoms with E-state index in [1.165, 1.54) is 17.0 Å². The number of rotatable bonds is 8. The molecule has 3 rings (SSSR count). The van der Waals surface area contributed by atoms with E-state index < -0.39 is 0 Å². The van der Waals surface area contributed by atoms with Crippen molar-refractivity contribution in [2.45, 2.75) is 13.5 Å². The number of hydrogen-bond donors (Lipinski definition) is 1. The Morgan fingerprint density at radius 2 is 1.77 bits per heavy atom. The molecule has 1 aliphatic heterocycles. The highest BCUT2D eigenvalue weighted by Crippen LogP contribution is 2.28. The van der Waals surface area contributed by atoms with Gasteiger partial charge < -0.3 is 24.0 Å². The Balaban J connectivity index is 1.51. The molecule has 1 saturated heterocycles. The fourth-order valence-corrected chi connectivity index (χ4v) is 3.73. The summed E-state index contributed by atoms with van der Waals surface area (Å²) in [4.78, 5) is 15.7. The van der Waals surface area contributed by atoms with Crippen LogP contribution in [0.2, 0.25) is 0 Å². The molecule has 0 bridgehead atoms. The van der Waals surface area contributed by atoms with Crippen molar-refractivity contribution in [2.24, 2.45) is 0 Å². The van der Waals surface area contributed by atoms with Crippen LogP contribution in [-0.2, 0) is 11.3 Å². The van der Waals surface area contributed by atoms with Crippen LogP contribution in [0.15, 0.2) is 42.5 Å². The highest BCUT2D eigenvalue weighted by atomic mass is 19.1. The molecular weight excluding hydrogens is 399 g/mol. The van der Waals surface area contributed by atoms with E-state index in [1.807, 2.05) is 42.2 Å². The van der Waals surface area contributed by atoms with Gasteiger partial charge in [0.15, 0.2) is 18.1 Å². The summed E-state index contributed by atoms with van der Waals surface area (Å²) >= 11 is 0. The lowest BCUT2D eigenvalue weighted by Crippen LogP contribution is -3.13. The summed E-state index contributed by atoms with van der Waals surface area (Å²) in [5.41, 5.74) is 1.85. The van der Waals surface area contributed by atoms with E-state index in [0.717, 1.165) is 24.2 Å². The van der Waals surface area contributed by atoms with Gasteiger partial charge in [0, 0.05) is 0 Å². The number of allylic oxidation sites excluding steroid dienone is 1. The Morgan fingerprint density at radius 3 is 2.45 bits per heavy atom. The third-order valence-corrected chi connectivity index (χ3v) is 5.40. The van der Waals surface area contributed by atoms with Gasteiger partial charge >= 0.3 is 0 Å². The summed E-state index contributed by atoms with van der Waals surface area (Å²) in [5, 5.41) is 0. The third kappa shape index (κ3) is 5.98. The summed E-state index contributed by atoms with van der Waals surface area (Å²) < 4.78 is 30.1. The molecule has 0 aromatic heterocycles. The van der Waals surface area contributed by atoms with E-state index >= 15 is 0 Å². The van der Waals surface area contributed by atoms with Crippen molar-refractivity contribution in [3.05, 3.63) is 59.4 Å². The Morgan fingerprint density at radius 1 is 1.06 bits per heavy atom. The average Bonchev–Trinajstić information content (AvgIpc) is 2.78. The SMILES string of the molecule is C/C=C/c1ccc(OCC(=O)N2CC[NH+](Cc3cc(F)ccc3OC)CC2)c(OC)c1. The van der Waals surface area contributed by atoms with E-state index in [0.29, 0.717) is 36.9 Å². The van der Waals surface area contributed by atoms with Crippen molar-refractivity contribution < 1.29 is 28.3 Å². The zero-order chi connectivity index (χ0) is 22.2. The van der Waals surface area contributed by atoms with Gasteiger partial charge in [0.05, 0.1) is 46.0 Å². The molecule has 2 aromatic carbocycles. The van der Waals surface area contributed by atoms with Gasteiger partial charge in [-0.2, -0.15) is 0 Å². The number of carbonyl (C=O) groups is 1. The number of ether oxygens (including phenoxy) is 3. The van der Waals surface area contributed by atoms with Crippen LogP contribution in [0.5, 0.6) is 17.2 Å². The molecule has 7 heteroatoms. The van der Waals surface area contributed by atoms with E-state index in [-0.39, 0.29) is 18.3 Å². The van der Waals surface area contributed by atoms with Gasteiger partial charge in [0.2, 0.25) is 0 Å². The van der Waals surface area contributed by atoms with Gasteiger partial charge in [-0.05, 0) is 42.8 Å². The Labute approximate surface area is 182 Å². The fraction of sp³-hybridized carbons (Fsp3) is 0.375. The van der Waals surface area contributed by atoms with Gasteiger partial charge in [-0.3, -0.25) is 4.79 Å². The van der Waals surface area contributed by atoms with Crippen LogP contribution in [0.4, 0.5) is 4.39 Å². The summed E-state index contributed by atoms with van der Waals surface area (Å²) in [6.45, 7) is 5.41. The number of amides is 1. The summed E-state index contributed by atoms with van der Waals surface area (Å²) in [7, 11) is 3.17. The third-order valence-electron chi connectivity index (χ3n) is 5.40. The number of methoxy groups -OCH3 is 2. The maximum atomic E-state index is 13.6. The molecule has 0 spiro atoms. The molecule has 0 saturated carbocycles. The highest BCUT2D eigenvalue weighted by Gasteiger charge is 2.25. The first-order chi connectivity index (χ1) is 15.0. The number of benzene rings is 2. The molecule has 166 valence electrons. The Bertz CT molecular complexity index is 924. The quantitative estimate of drug-likeness (QED) is 0.699. The van der Waals surface area contributed by atoms with Crippen molar-refractivity contribution in [3.63, 3.8) is 0 Å². The van der Waals surface area contributed by atoms with Gasteiger partial charge in [-0.1, -0.05) is 18.2 Å². The second-order valence-electron chi connectivity index (χ2n) is 7.46.